The molecule has 70 heavy (non-hydrogen) atoms. The summed E-state index contributed by atoms with van der Waals surface area (Å²) in [5, 5.41) is 7.40. The van der Waals surface area contributed by atoms with Crippen LogP contribution >= 0.6 is 11.3 Å². The van der Waals surface area contributed by atoms with Crippen molar-refractivity contribution in [3.8, 4) is 16.3 Å². The van der Waals surface area contributed by atoms with Crippen molar-refractivity contribution in [2.45, 2.75) is 77.2 Å². The summed E-state index contributed by atoms with van der Waals surface area (Å²) < 4.78 is 75.9. The molecule has 0 saturated carbocycles. The third-order valence-corrected chi connectivity index (χ3v) is 13.6. The van der Waals surface area contributed by atoms with E-state index in [1.165, 1.54) is 15.8 Å². The lowest BCUT2D eigenvalue weighted by Gasteiger charge is -2.31. The Bertz CT molecular complexity index is 2640. The number of aryl methyl sites for hydroxylation is 1. The maximum atomic E-state index is 17.0. The first-order chi connectivity index (χ1) is 33.1. The molecule has 6 rings (SSSR count). The molecule has 3 aromatic rings. The van der Waals surface area contributed by atoms with Crippen molar-refractivity contribution in [3.05, 3.63) is 88.1 Å². The Morgan fingerprint density at radius 2 is 1.71 bits per heavy atom. The minimum Gasteiger partial charge on any atom is -0.494 e. The molecule has 17 nitrogen and oxygen atoms in total. The number of carbonyl (C=O) groups excluding carboxylic acids is 5. The van der Waals surface area contributed by atoms with Crippen LogP contribution in [-0.2, 0) is 45.3 Å². The molecule has 3 aliphatic heterocycles. The average molecular weight is 1010 g/mol. The van der Waals surface area contributed by atoms with Crippen LogP contribution < -0.4 is 15.4 Å². The summed E-state index contributed by atoms with van der Waals surface area (Å²) in [6.45, 7) is -0.267. The normalized spacial score (nSPS) is 16.1. The molecule has 378 valence electrons. The zero-order chi connectivity index (χ0) is 50.8. The second kappa shape index (κ2) is 23.4. The van der Waals surface area contributed by atoms with Crippen molar-refractivity contribution in [1.29, 1.82) is 0 Å². The van der Waals surface area contributed by atoms with E-state index < -0.39 is 58.5 Å². The van der Waals surface area contributed by atoms with Gasteiger partial charge in [0.1, 0.15) is 17.5 Å². The number of thiophene rings is 1. The number of halogens is 2. The third-order valence-electron chi connectivity index (χ3n) is 12.0. The van der Waals surface area contributed by atoms with Crippen LogP contribution in [0.4, 0.5) is 8.63 Å². The van der Waals surface area contributed by atoms with Crippen molar-refractivity contribution in [1.82, 2.24) is 25.1 Å². The minimum absolute atomic E-state index is 0.0222. The molecule has 0 spiro atoms. The molecule has 3 aliphatic rings. The number of aromatic nitrogens is 1. The fraction of sp³-hybridized carbons (Fsp3) is 0.458. The van der Waals surface area contributed by atoms with E-state index >= 15 is 8.63 Å². The summed E-state index contributed by atoms with van der Waals surface area (Å²) in [7, 11) is 3.55. The molecule has 3 N–H and O–H groups in total. The van der Waals surface area contributed by atoms with Gasteiger partial charge in [0.2, 0.25) is 11.8 Å². The number of quaternary nitrogens is 1. The zero-order valence-corrected chi connectivity index (χ0v) is 42.0. The van der Waals surface area contributed by atoms with E-state index in [1.807, 2.05) is 48.5 Å². The van der Waals surface area contributed by atoms with Gasteiger partial charge < -0.3 is 47.2 Å². The van der Waals surface area contributed by atoms with Crippen molar-refractivity contribution < 1.29 is 64.1 Å². The summed E-state index contributed by atoms with van der Waals surface area (Å²) in [5.74, 6) is -3.65. The third kappa shape index (κ3) is 14.6. The van der Waals surface area contributed by atoms with Crippen LogP contribution in [0.25, 0.3) is 22.7 Å². The van der Waals surface area contributed by atoms with Gasteiger partial charge in [-0.15, -0.1) is 16.4 Å². The molecule has 1 aromatic carbocycles. The van der Waals surface area contributed by atoms with Gasteiger partial charge in [-0.25, -0.2) is 4.79 Å². The van der Waals surface area contributed by atoms with Gasteiger partial charge in [0.25, 0.3) is 21.9 Å². The second-order valence-corrected chi connectivity index (χ2v) is 21.3. The van der Waals surface area contributed by atoms with E-state index in [0.717, 1.165) is 43.5 Å². The van der Waals surface area contributed by atoms with Crippen molar-refractivity contribution in [2.24, 2.45) is 0 Å². The summed E-state index contributed by atoms with van der Waals surface area (Å²) in [6, 6.07) is 11.2. The van der Waals surface area contributed by atoms with E-state index in [4.69, 9.17) is 9.57 Å². The topological polar surface area (TPSA) is 197 Å². The molecule has 1 fully saturated rings. The highest BCUT2D eigenvalue weighted by molar-refractivity contribution is 7.85. The number of likely N-dealkylation sites (N-methyl/N-ethyl adjacent to an activating group) is 1. The number of hydroxylamine groups is 2. The Morgan fingerprint density at radius 3 is 2.39 bits per heavy atom. The second-order valence-electron chi connectivity index (χ2n) is 18.8. The van der Waals surface area contributed by atoms with E-state index in [2.05, 4.69) is 31.8 Å². The quantitative estimate of drug-likeness (QED) is 0.0310. The van der Waals surface area contributed by atoms with Crippen LogP contribution in [0.1, 0.15) is 81.5 Å². The smallest absolute Gasteiger partial charge is 0.494 e. The molecular formula is C48H63BF2N7O10S2+. The molecule has 2 aromatic heterocycles. The zero-order valence-electron chi connectivity index (χ0n) is 40.3. The number of nitrogens with one attached hydrogen (secondary N) is 2. The van der Waals surface area contributed by atoms with E-state index in [9.17, 15) is 36.9 Å². The molecule has 0 bridgehead atoms. The molecule has 5 heterocycles. The Morgan fingerprint density at radius 1 is 0.986 bits per heavy atom. The molecule has 1 unspecified atom stereocenters. The Kier molecular flexibility index (Phi) is 17.9. The van der Waals surface area contributed by atoms with Crippen molar-refractivity contribution >= 4 is 75.9 Å². The Labute approximate surface area is 411 Å². The number of carbonyl (C=O) groups is 5. The van der Waals surface area contributed by atoms with Crippen LogP contribution in [-0.4, -0.2) is 151 Å². The van der Waals surface area contributed by atoms with Crippen LogP contribution in [0.3, 0.4) is 0 Å². The lowest BCUT2D eigenvalue weighted by molar-refractivity contribution is -0.870. The highest BCUT2D eigenvalue weighted by Gasteiger charge is 2.54. The average Bonchev–Trinajstić information content (AvgIpc) is 4.08. The van der Waals surface area contributed by atoms with Gasteiger partial charge in [0, 0.05) is 85.3 Å². The fourth-order valence-corrected chi connectivity index (χ4v) is 9.82. The number of rotatable bonds is 26. The maximum Gasteiger partial charge on any atom is 0.737 e. The minimum atomic E-state index is -4.63. The predicted octanol–water partition coefficient (Wildman–Crippen LogP) is 5.31. The standard InChI is InChI=1S/C48H62BF2N7O10S2/c1-34-30-37(55-40(34)32-41-36(12-9-27-58(3,4)5)31-42(43-13-11-29-69-43)56(41)49(55,50)51)19-16-35-17-20-38(21-18-35)67-28-10-14-44(59)53-39(33-70(64,65)66)48(63)52-24-26-54(2)25-8-6-7-15-47(62)68-57-45(60)22-23-46(57)61/h11,13,16-21,29-32,39H,6-10,12,14-15,22-28,33H2,1-5H3,(H2-,52,53,59,63,64,65,66)/p+1/b19-16+. The molecule has 22 heteroatoms. The first kappa shape index (κ1) is 53.5. The number of fused-ring (bicyclic) bond motifs is 2. The number of ether oxygens (including phenoxy) is 1. The summed E-state index contributed by atoms with van der Waals surface area (Å²) in [6.07, 6.45) is 10.7. The van der Waals surface area contributed by atoms with Gasteiger partial charge in [-0.3, -0.25) is 23.7 Å². The van der Waals surface area contributed by atoms with Crippen LogP contribution in [0, 0.1) is 0 Å². The number of unbranched alkanes of at least 4 members (excludes halogenated alkanes) is 2. The fourth-order valence-electron chi connectivity index (χ4n) is 8.42. The summed E-state index contributed by atoms with van der Waals surface area (Å²) >= 11 is 1.44. The number of allylic oxidation sites excluding steroid dienone is 3. The molecular weight excluding hydrogens is 948 g/mol. The summed E-state index contributed by atoms with van der Waals surface area (Å²) in [4.78, 5) is 68.4. The largest absolute Gasteiger partial charge is 0.737 e. The first-order valence-electron chi connectivity index (χ1n) is 23.5. The first-order valence-corrected chi connectivity index (χ1v) is 25.9. The molecule has 1 atom stereocenters. The van der Waals surface area contributed by atoms with Crippen LogP contribution in [0.15, 0.2) is 71.3 Å². The van der Waals surface area contributed by atoms with Gasteiger partial charge in [0.15, 0.2) is 11.4 Å². The maximum absolute atomic E-state index is 17.0. The van der Waals surface area contributed by atoms with E-state index in [-0.39, 0.29) is 45.3 Å². The molecule has 1 saturated heterocycles. The predicted molar refractivity (Wildman–Crippen MR) is 264 cm³/mol. The Hall–Kier alpha value is -5.81. The van der Waals surface area contributed by atoms with Gasteiger partial charge in [-0.2, -0.15) is 8.42 Å². The Balaban J connectivity index is 0.947. The van der Waals surface area contributed by atoms with Crippen LogP contribution in [0.5, 0.6) is 5.75 Å². The molecule has 0 aliphatic carbocycles. The van der Waals surface area contributed by atoms with Gasteiger partial charge in [-0.1, -0.05) is 24.6 Å². The number of hydrogen-bond donors (Lipinski definition) is 3. The molecule has 0 radical (unpaired) electrons. The number of imide groups is 1. The monoisotopic (exact) mass is 1010 g/mol. The van der Waals surface area contributed by atoms with E-state index in [1.54, 1.807) is 42.5 Å². The van der Waals surface area contributed by atoms with Crippen LogP contribution in [0.2, 0.25) is 0 Å². The SMILES string of the molecule is CC1=CC(/C=C/c2ccc(OCCCC(=O)NC(CS(=O)(=O)O)C(=O)NCCN(C)CCCCCC(=O)ON3C(=O)CCC3=O)cc2)=[N+]2C1=Cc1c(CCC[N+](C)(C)C)cc(-c3cccs3)n1[B-]2(F)F. The van der Waals surface area contributed by atoms with Gasteiger partial charge in [-0.05, 0) is 93.0 Å². The summed E-state index contributed by atoms with van der Waals surface area (Å²) in [5.41, 5.74) is 4.33. The van der Waals surface area contributed by atoms with Gasteiger partial charge >= 0.3 is 12.9 Å². The number of benzene rings is 1. The van der Waals surface area contributed by atoms with E-state index in [0.29, 0.717) is 72.4 Å². The van der Waals surface area contributed by atoms with Crippen molar-refractivity contribution in [3.63, 3.8) is 0 Å². The highest BCUT2D eigenvalue weighted by atomic mass is 32.2. The highest BCUT2D eigenvalue weighted by Crippen LogP contribution is 2.41. The lowest BCUT2D eigenvalue weighted by Crippen LogP contribution is -2.51. The lowest BCUT2D eigenvalue weighted by atomic mass is 9.89. The number of nitrogens with zero attached hydrogens (tertiary/aromatic N) is 5. The number of hydrogen-bond acceptors (Lipinski definition) is 11. The van der Waals surface area contributed by atoms with Gasteiger partial charge in [0.05, 0.1) is 34.3 Å². The number of amides is 4. The molecule has 4 amide bonds. The van der Waals surface area contributed by atoms with Crippen molar-refractivity contribution in [2.75, 3.05) is 66.7 Å².